The number of hydrogen-bond acceptors (Lipinski definition) is 4. The van der Waals surface area contributed by atoms with Crippen molar-refractivity contribution in [3.8, 4) is 0 Å². The summed E-state index contributed by atoms with van der Waals surface area (Å²) in [6, 6.07) is 11.2. The summed E-state index contributed by atoms with van der Waals surface area (Å²) in [5.41, 5.74) is 2.84. The molecule has 35 heavy (non-hydrogen) atoms. The first kappa shape index (κ1) is 23.3. The van der Waals surface area contributed by atoms with E-state index in [1.165, 1.54) is 17.0 Å². The summed E-state index contributed by atoms with van der Waals surface area (Å²) in [7, 11) is 0. The van der Waals surface area contributed by atoms with Crippen LogP contribution in [0.15, 0.2) is 42.5 Å². The molecule has 3 aliphatic heterocycles. The molecule has 0 spiro atoms. The van der Waals surface area contributed by atoms with E-state index in [1.807, 2.05) is 17.0 Å². The number of piperidine rings is 2. The van der Waals surface area contributed by atoms with Gasteiger partial charge in [0.1, 0.15) is 18.4 Å². The summed E-state index contributed by atoms with van der Waals surface area (Å²) in [5, 5.41) is 2.83. The van der Waals surface area contributed by atoms with Gasteiger partial charge in [0.05, 0.1) is 11.4 Å². The fraction of sp³-hybridized carbons (Fsp3) is 0.444. The minimum atomic E-state index is -0.331. The Hall–Kier alpha value is -3.42. The SMILES string of the molecule is O=C(CN1C(=O)[C@@H]2CCCCN2c2ccc(C(=O)N3CCCCC3)cc21)NCc1ccc(F)cc1. The predicted molar refractivity (Wildman–Crippen MR) is 132 cm³/mol. The lowest BCUT2D eigenvalue weighted by molar-refractivity contribution is -0.125. The van der Waals surface area contributed by atoms with E-state index in [0.29, 0.717) is 11.3 Å². The second-order valence-electron chi connectivity index (χ2n) is 9.59. The Morgan fingerprint density at radius 1 is 0.914 bits per heavy atom. The van der Waals surface area contributed by atoms with Crippen molar-refractivity contribution in [1.29, 1.82) is 0 Å². The number of amides is 3. The fourth-order valence-corrected chi connectivity index (χ4v) is 5.34. The summed E-state index contributed by atoms with van der Waals surface area (Å²) in [4.78, 5) is 45.1. The molecule has 1 atom stereocenters. The molecule has 3 heterocycles. The highest BCUT2D eigenvalue weighted by molar-refractivity contribution is 6.09. The molecule has 0 saturated carbocycles. The van der Waals surface area contributed by atoms with Gasteiger partial charge >= 0.3 is 0 Å². The van der Waals surface area contributed by atoms with Gasteiger partial charge in [-0.15, -0.1) is 0 Å². The monoisotopic (exact) mass is 478 g/mol. The van der Waals surface area contributed by atoms with Crippen LogP contribution in [-0.2, 0) is 16.1 Å². The second kappa shape index (κ2) is 10.1. The molecule has 8 heteroatoms. The Morgan fingerprint density at radius 3 is 2.43 bits per heavy atom. The zero-order valence-electron chi connectivity index (χ0n) is 19.8. The highest BCUT2D eigenvalue weighted by atomic mass is 19.1. The molecule has 2 saturated heterocycles. The predicted octanol–water partition coefficient (Wildman–Crippen LogP) is 3.47. The summed E-state index contributed by atoms with van der Waals surface area (Å²) >= 11 is 0. The number of hydrogen-bond donors (Lipinski definition) is 1. The Bertz CT molecular complexity index is 1110. The molecule has 0 bridgehead atoms. The Labute approximate surface area is 204 Å². The number of rotatable bonds is 5. The number of fused-ring (bicyclic) bond motifs is 3. The minimum absolute atomic E-state index is 0.0265. The van der Waals surface area contributed by atoms with Crippen LogP contribution in [0.5, 0.6) is 0 Å². The van der Waals surface area contributed by atoms with Gasteiger partial charge in [0.15, 0.2) is 0 Å². The molecule has 184 valence electrons. The van der Waals surface area contributed by atoms with Gasteiger partial charge in [-0.2, -0.15) is 0 Å². The van der Waals surface area contributed by atoms with Crippen LogP contribution in [0.3, 0.4) is 0 Å². The van der Waals surface area contributed by atoms with E-state index in [9.17, 15) is 18.8 Å². The molecule has 0 unspecified atom stereocenters. The van der Waals surface area contributed by atoms with Crippen molar-refractivity contribution in [2.24, 2.45) is 0 Å². The minimum Gasteiger partial charge on any atom is -0.358 e. The van der Waals surface area contributed by atoms with Crippen molar-refractivity contribution in [1.82, 2.24) is 10.2 Å². The number of halogens is 1. The van der Waals surface area contributed by atoms with Crippen LogP contribution >= 0.6 is 0 Å². The Kier molecular flexibility index (Phi) is 6.70. The maximum atomic E-state index is 13.5. The quantitative estimate of drug-likeness (QED) is 0.714. The topological polar surface area (TPSA) is 73.0 Å². The number of carbonyl (C=O) groups excluding carboxylic acids is 3. The van der Waals surface area contributed by atoms with Crippen LogP contribution < -0.4 is 15.1 Å². The van der Waals surface area contributed by atoms with Gasteiger partial charge in [-0.05, 0) is 74.4 Å². The number of nitrogens with zero attached hydrogens (tertiary/aromatic N) is 3. The molecular weight excluding hydrogens is 447 g/mol. The molecule has 0 aromatic heterocycles. The molecule has 0 radical (unpaired) electrons. The maximum absolute atomic E-state index is 13.5. The summed E-state index contributed by atoms with van der Waals surface area (Å²) in [6.45, 7) is 2.40. The highest BCUT2D eigenvalue weighted by Gasteiger charge is 2.40. The van der Waals surface area contributed by atoms with Gasteiger partial charge in [0.2, 0.25) is 11.8 Å². The zero-order valence-corrected chi connectivity index (χ0v) is 19.8. The Morgan fingerprint density at radius 2 is 1.66 bits per heavy atom. The maximum Gasteiger partial charge on any atom is 0.253 e. The number of carbonyl (C=O) groups is 3. The molecule has 0 aliphatic carbocycles. The average molecular weight is 479 g/mol. The van der Waals surface area contributed by atoms with Crippen LogP contribution in [0, 0.1) is 5.82 Å². The first-order valence-electron chi connectivity index (χ1n) is 12.5. The van der Waals surface area contributed by atoms with E-state index in [2.05, 4.69) is 10.2 Å². The van der Waals surface area contributed by atoms with Gasteiger partial charge < -0.3 is 15.1 Å². The van der Waals surface area contributed by atoms with Gasteiger partial charge in [0, 0.05) is 31.7 Å². The van der Waals surface area contributed by atoms with Crippen molar-refractivity contribution in [2.75, 3.05) is 36.0 Å². The van der Waals surface area contributed by atoms with Crippen LogP contribution in [-0.4, -0.2) is 54.8 Å². The summed E-state index contributed by atoms with van der Waals surface area (Å²) < 4.78 is 13.2. The number of benzene rings is 2. The lowest BCUT2D eigenvalue weighted by atomic mass is 9.95. The smallest absolute Gasteiger partial charge is 0.253 e. The third-order valence-electron chi connectivity index (χ3n) is 7.22. The molecule has 2 fully saturated rings. The number of nitrogens with one attached hydrogen (secondary N) is 1. The van der Waals surface area contributed by atoms with Crippen molar-refractivity contribution in [2.45, 2.75) is 51.1 Å². The van der Waals surface area contributed by atoms with Crippen LogP contribution in [0.1, 0.15) is 54.4 Å². The Balaban J connectivity index is 1.39. The van der Waals surface area contributed by atoms with Gasteiger partial charge in [0.25, 0.3) is 5.91 Å². The first-order chi connectivity index (χ1) is 17.0. The first-order valence-corrected chi connectivity index (χ1v) is 12.5. The molecule has 2 aromatic carbocycles. The number of anilines is 2. The molecular formula is C27H31FN4O3. The fourth-order valence-electron chi connectivity index (χ4n) is 5.34. The molecule has 7 nitrogen and oxygen atoms in total. The lowest BCUT2D eigenvalue weighted by Gasteiger charge is -2.45. The largest absolute Gasteiger partial charge is 0.358 e. The van der Waals surface area contributed by atoms with Crippen LogP contribution in [0.2, 0.25) is 0 Å². The van der Waals surface area contributed by atoms with Gasteiger partial charge in [-0.1, -0.05) is 12.1 Å². The molecule has 2 aromatic rings. The molecule has 1 N–H and O–H groups in total. The van der Waals surface area contributed by atoms with E-state index in [-0.39, 0.29) is 42.7 Å². The van der Waals surface area contributed by atoms with Crippen molar-refractivity contribution in [3.63, 3.8) is 0 Å². The molecule has 3 amide bonds. The van der Waals surface area contributed by atoms with E-state index in [0.717, 1.165) is 69.4 Å². The molecule has 3 aliphatic rings. The summed E-state index contributed by atoms with van der Waals surface area (Å²) in [5.74, 6) is -0.758. The molecule has 5 rings (SSSR count). The third kappa shape index (κ3) is 4.88. The van der Waals surface area contributed by atoms with Crippen LogP contribution in [0.4, 0.5) is 15.8 Å². The standard InChI is InChI=1S/C27H31FN4O3/c28-21-10-7-19(8-11-21)17-29-25(33)18-32-24-16-20(26(34)30-13-3-1-4-14-30)9-12-22(24)31-15-5-2-6-23(31)27(32)35/h7-12,16,23H,1-6,13-15,17-18H2,(H,29,33)/t23-/m0/s1. The zero-order chi connectivity index (χ0) is 24.4. The average Bonchev–Trinajstić information content (AvgIpc) is 2.90. The van der Waals surface area contributed by atoms with E-state index in [1.54, 1.807) is 18.2 Å². The van der Waals surface area contributed by atoms with E-state index < -0.39 is 0 Å². The van der Waals surface area contributed by atoms with Crippen LogP contribution in [0.25, 0.3) is 0 Å². The second-order valence-corrected chi connectivity index (χ2v) is 9.59. The van der Waals surface area contributed by atoms with Crippen molar-refractivity contribution < 1.29 is 18.8 Å². The number of likely N-dealkylation sites (tertiary alicyclic amines) is 1. The normalized spacial score (nSPS) is 19.7. The third-order valence-corrected chi connectivity index (χ3v) is 7.22. The lowest BCUT2D eigenvalue weighted by Crippen LogP contribution is -2.57. The summed E-state index contributed by atoms with van der Waals surface area (Å²) in [6.07, 6.45) is 5.88. The van der Waals surface area contributed by atoms with Gasteiger partial charge in [-0.25, -0.2) is 4.39 Å². The van der Waals surface area contributed by atoms with Crippen molar-refractivity contribution >= 4 is 29.1 Å². The van der Waals surface area contributed by atoms with Crippen molar-refractivity contribution in [3.05, 3.63) is 59.4 Å². The van der Waals surface area contributed by atoms with E-state index in [4.69, 9.17) is 0 Å². The highest BCUT2D eigenvalue weighted by Crippen LogP contribution is 2.40. The van der Waals surface area contributed by atoms with E-state index >= 15 is 0 Å². The van der Waals surface area contributed by atoms with Gasteiger partial charge in [-0.3, -0.25) is 19.3 Å².